The van der Waals surface area contributed by atoms with Crippen LogP contribution in [0.1, 0.15) is 46.1 Å². The van der Waals surface area contributed by atoms with Crippen molar-refractivity contribution in [1.82, 2.24) is 0 Å². The zero-order valence-electron chi connectivity index (χ0n) is 15.4. The zero-order chi connectivity index (χ0) is 17.4. The highest BCUT2D eigenvalue weighted by atomic mass is 28.4. The highest BCUT2D eigenvalue weighted by Gasteiger charge is 2.42. The molecule has 0 aliphatic carbocycles. The minimum absolute atomic E-state index is 0.148. The van der Waals surface area contributed by atoms with Crippen LogP contribution in [0.3, 0.4) is 0 Å². The number of fused-ring (bicyclic) bond motifs is 1. The summed E-state index contributed by atoms with van der Waals surface area (Å²) in [6.07, 6.45) is 2.26. The van der Waals surface area contributed by atoms with E-state index in [9.17, 15) is 0 Å². The van der Waals surface area contributed by atoms with Gasteiger partial charge in [0.2, 0.25) is 0 Å². The van der Waals surface area contributed by atoms with Crippen LogP contribution in [-0.4, -0.2) is 28.1 Å². The number of hydrogen-bond donors (Lipinski definition) is 0. The van der Waals surface area contributed by atoms with Gasteiger partial charge >= 0.3 is 8.80 Å². The Kier molecular flexibility index (Phi) is 7.43. The van der Waals surface area contributed by atoms with Crippen molar-refractivity contribution in [2.45, 2.75) is 52.7 Å². The molecule has 1 atom stereocenters. The third-order valence-electron chi connectivity index (χ3n) is 4.09. The van der Waals surface area contributed by atoms with Gasteiger partial charge < -0.3 is 13.3 Å². The van der Waals surface area contributed by atoms with Crippen LogP contribution in [-0.2, 0) is 19.3 Å². The molecule has 0 heterocycles. The molecule has 1 unspecified atom stereocenters. The van der Waals surface area contributed by atoms with Crippen LogP contribution in [0.15, 0.2) is 42.5 Å². The summed E-state index contributed by atoms with van der Waals surface area (Å²) in [5.41, 5.74) is 1.24. The molecule has 0 bridgehead atoms. The molecule has 0 aromatic heterocycles. The molecule has 0 radical (unpaired) electrons. The first-order chi connectivity index (χ1) is 11.6. The quantitative estimate of drug-likeness (QED) is 0.558. The molecule has 0 saturated carbocycles. The molecule has 132 valence electrons. The van der Waals surface area contributed by atoms with Crippen LogP contribution in [0.2, 0.25) is 0 Å². The molecular weight excluding hydrogens is 316 g/mol. The molecule has 0 spiro atoms. The molecule has 4 heteroatoms. The lowest BCUT2D eigenvalue weighted by atomic mass is 10.1. The first-order valence-corrected chi connectivity index (χ1v) is 11.0. The second kappa shape index (κ2) is 9.32. The van der Waals surface area contributed by atoms with Gasteiger partial charge in [-0.3, -0.25) is 0 Å². The van der Waals surface area contributed by atoms with Crippen molar-refractivity contribution in [3.05, 3.63) is 48.0 Å². The minimum Gasteiger partial charge on any atom is -0.374 e. The van der Waals surface area contributed by atoms with E-state index in [1.54, 1.807) is 0 Å². The Balaban J connectivity index is 2.34. The Hall–Kier alpha value is -1.20. The van der Waals surface area contributed by atoms with Crippen LogP contribution in [0.25, 0.3) is 10.8 Å². The lowest BCUT2D eigenvalue weighted by Crippen LogP contribution is -2.50. The Labute approximate surface area is 147 Å². The van der Waals surface area contributed by atoms with Gasteiger partial charge in [-0.2, -0.15) is 0 Å². The van der Waals surface area contributed by atoms with Crippen molar-refractivity contribution in [1.29, 1.82) is 0 Å². The Morgan fingerprint density at radius 3 is 2.25 bits per heavy atom. The van der Waals surface area contributed by atoms with Crippen molar-refractivity contribution in [2.75, 3.05) is 13.2 Å². The van der Waals surface area contributed by atoms with E-state index in [2.05, 4.69) is 56.3 Å². The molecule has 0 saturated heterocycles. The fraction of sp³-hybridized carbons (Fsp3) is 0.500. The summed E-state index contributed by atoms with van der Waals surface area (Å²) in [6, 6.07) is 15.6. The second-order valence-electron chi connectivity index (χ2n) is 6.08. The summed E-state index contributed by atoms with van der Waals surface area (Å²) >= 11 is 0. The van der Waals surface area contributed by atoms with Gasteiger partial charge in [0.1, 0.15) is 0 Å². The molecule has 0 fully saturated rings. The summed E-state index contributed by atoms with van der Waals surface area (Å²) in [7, 11) is -2.75. The van der Waals surface area contributed by atoms with Crippen molar-refractivity contribution < 1.29 is 13.3 Å². The van der Waals surface area contributed by atoms with E-state index in [1.807, 2.05) is 13.8 Å². The van der Waals surface area contributed by atoms with Crippen LogP contribution in [0.4, 0.5) is 0 Å². The largest absolute Gasteiger partial charge is 0.505 e. The van der Waals surface area contributed by atoms with E-state index >= 15 is 0 Å². The predicted octanol–water partition coefficient (Wildman–Crippen LogP) is 5.14. The molecule has 3 nitrogen and oxygen atoms in total. The Morgan fingerprint density at radius 1 is 0.917 bits per heavy atom. The van der Waals surface area contributed by atoms with Gasteiger partial charge in [0, 0.05) is 25.4 Å². The van der Waals surface area contributed by atoms with Gasteiger partial charge in [0.05, 0.1) is 0 Å². The van der Waals surface area contributed by atoms with Crippen molar-refractivity contribution in [3.8, 4) is 0 Å². The molecular formula is C20H30O3Si. The third-order valence-corrected chi connectivity index (χ3v) is 7.12. The topological polar surface area (TPSA) is 27.7 Å². The molecule has 2 aromatic rings. The van der Waals surface area contributed by atoms with Crippen LogP contribution in [0, 0.1) is 0 Å². The third kappa shape index (κ3) is 4.90. The number of benzene rings is 2. The van der Waals surface area contributed by atoms with Crippen molar-refractivity contribution >= 4 is 19.6 Å². The highest BCUT2D eigenvalue weighted by Crippen LogP contribution is 2.25. The van der Waals surface area contributed by atoms with E-state index in [0.717, 1.165) is 12.8 Å². The number of hydrogen-bond acceptors (Lipinski definition) is 3. The van der Waals surface area contributed by atoms with Gasteiger partial charge in [0.25, 0.3) is 0 Å². The van der Waals surface area contributed by atoms with Gasteiger partial charge in [-0.1, -0.05) is 55.8 Å². The normalized spacial score (nSPS) is 13.3. The summed E-state index contributed by atoms with van der Waals surface area (Å²) in [5.74, 6) is 0. The van der Waals surface area contributed by atoms with Gasteiger partial charge in [-0.25, -0.2) is 0 Å². The molecule has 2 aromatic carbocycles. The maximum atomic E-state index is 6.41. The predicted molar refractivity (Wildman–Crippen MR) is 102 cm³/mol. The highest BCUT2D eigenvalue weighted by molar-refractivity contribution is 6.60. The first kappa shape index (κ1) is 19.1. The zero-order valence-corrected chi connectivity index (χ0v) is 16.4. The second-order valence-corrected chi connectivity index (χ2v) is 8.61. The molecule has 0 amide bonds. The SMILES string of the molecule is CCCC(C)O[Si](Cc1cccc2ccccc12)(OCC)OCC. The van der Waals surface area contributed by atoms with Crippen molar-refractivity contribution in [2.24, 2.45) is 0 Å². The summed E-state index contributed by atoms with van der Waals surface area (Å²) < 4.78 is 18.7. The lowest BCUT2D eigenvalue weighted by molar-refractivity contribution is 0.0346. The summed E-state index contributed by atoms with van der Waals surface area (Å²) in [5, 5.41) is 2.50. The van der Waals surface area contributed by atoms with E-state index < -0.39 is 8.80 Å². The summed E-state index contributed by atoms with van der Waals surface area (Å²) in [4.78, 5) is 0. The maximum absolute atomic E-state index is 6.41. The number of rotatable bonds is 10. The van der Waals surface area contributed by atoms with Gasteiger partial charge in [0.15, 0.2) is 0 Å². The van der Waals surface area contributed by atoms with Gasteiger partial charge in [-0.15, -0.1) is 0 Å². The van der Waals surface area contributed by atoms with Crippen LogP contribution < -0.4 is 0 Å². The minimum atomic E-state index is -2.75. The Bertz CT molecular complexity index is 618. The van der Waals surface area contributed by atoms with E-state index in [4.69, 9.17) is 13.3 Å². The van der Waals surface area contributed by atoms with E-state index in [1.165, 1.54) is 16.3 Å². The van der Waals surface area contributed by atoms with Crippen molar-refractivity contribution in [3.63, 3.8) is 0 Å². The molecule has 0 aliphatic rings. The standard InChI is InChI=1S/C20H30O3Si/c1-5-11-17(4)23-24(21-6-2,22-7-3)16-19-14-10-13-18-12-8-9-15-20(18)19/h8-10,12-15,17H,5-7,11,16H2,1-4H3. The average Bonchev–Trinajstić information content (AvgIpc) is 2.56. The average molecular weight is 347 g/mol. The molecule has 2 rings (SSSR count). The lowest BCUT2D eigenvalue weighted by Gasteiger charge is -2.32. The Morgan fingerprint density at radius 2 is 1.58 bits per heavy atom. The van der Waals surface area contributed by atoms with E-state index in [-0.39, 0.29) is 6.10 Å². The van der Waals surface area contributed by atoms with Crippen LogP contribution in [0.5, 0.6) is 0 Å². The fourth-order valence-corrected chi connectivity index (χ4v) is 6.04. The molecule has 0 aliphatic heterocycles. The molecule has 0 N–H and O–H groups in total. The maximum Gasteiger partial charge on any atom is 0.505 e. The fourth-order valence-electron chi connectivity index (χ4n) is 3.15. The molecule has 24 heavy (non-hydrogen) atoms. The summed E-state index contributed by atoms with van der Waals surface area (Å²) in [6.45, 7) is 9.53. The van der Waals surface area contributed by atoms with Crippen LogP contribution >= 0.6 is 0 Å². The first-order valence-electron chi connectivity index (χ1n) is 9.06. The smallest absolute Gasteiger partial charge is 0.374 e. The van der Waals surface area contributed by atoms with E-state index in [0.29, 0.717) is 19.3 Å². The monoisotopic (exact) mass is 346 g/mol. The van der Waals surface area contributed by atoms with Gasteiger partial charge in [-0.05, 0) is 43.5 Å².